The topological polar surface area (TPSA) is 26.0 Å². The van der Waals surface area contributed by atoms with Gasteiger partial charge in [-0.2, -0.15) is 4.91 Å². The SMILES string of the molecule is N[C@H]1C=C=CC=C1[S-]. The third-order valence-electron chi connectivity index (χ3n) is 0.948. The number of hydrogen-bond donors (Lipinski definition) is 1. The lowest BCUT2D eigenvalue weighted by atomic mass is 10.2. The minimum atomic E-state index is -0.0880. The van der Waals surface area contributed by atoms with E-state index in [2.05, 4.69) is 5.73 Å². The van der Waals surface area contributed by atoms with Crippen molar-refractivity contribution in [3.05, 3.63) is 28.9 Å². The molecule has 0 radical (unpaired) electrons. The van der Waals surface area contributed by atoms with E-state index in [9.17, 15) is 0 Å². The first-order valence-corrected chi connectivity index (χ1v) is 2.77. The van der Waals surface area contributed by atoms with E-state index in [-0.39, 0.29) is 6.04 Å². The molecule has 1 rings (SSSR count). The molecule has 0 aromatic rings. The molecule has 2 heteroatoms. The summed E-state index contributed by atoms with van der Waals surface area (Å²) in [5, 5.41) is 0. The second kappa shape index (κ2) is 2.14. The van der Waals surface area contributed by atoms with Crippen LogP contribution in [0, 0.1) is 0 Å². The summed E-state index contributed by atoms with van der Waals surface area (Å²) in [5.74, 6) is 0. The molecule has 42 valence electrons. The summed E-state index contributed by atoms with van der Waals surface area (Å²) in [4.78, 5) is 0.781. The third kappa shape index (κ3) is 0.984. The second-order valence-corrected chi connectivity index (χ2v) is 2.07. The summed E-state index contributed by atoms with van der Waals surface area (Å²) in [5.41, 5.74) is 8.31. The van der Waals surface area contributed by atoms with Gasteiger partial charge in [0.05, 0.1) is 0 Å². The van der Waals surface area contributed by atoms with Crippen LogP contribution in [0.3, 0.4) is 0 Å². The molecule has 0 saturated heterocycles. The van der Waals surface area contributed by atoms with E-state index in [4.69, 9.17) is 18.4 Å². The van der Waals surface area contributed by atoms with Crippen LogP contribution in [0.2, 0.25) is 0 Å². The van der Waals surface area contributed by atoms with E-state index >= 15 is 0 Å². The monoisotopic (exact) mass is 124 g/mol. The summed E-state index contributed by atoms with van der Waals surface area (Å²) in [6.45, 7) is 0. The van der Waals surface area contributed by atoms with Gasteiger partial charge in [0.2, 0.25) is 0 Å². The lowest BCUT2D eigenvalue weighted by molar-refractivity contribution is 1.01. The summed E-state index contributed by atoms with van der Waals surface area (Å²) in [7, 11) is 0. The number of allylic oxidation sites excluding steroid dienone is 1. The Labute approximate surface area is 54.0 Å². The van der Waals surface area contributed by atoms with E-state index in [0.29, 0.717) is 0 Å². The van der Waals surface area contributed by atoms with Crippen molar-refractivity contribution in [3.63, 3.8) is 0 Å². The number of rotatable bonds is 0. The highest BCUT2D eigenvalue weighted by Crippen LogP contribution is 2.01. The van der Waals surface area contributed by atoms with Gasteiger partial charge in [0.25, 0.3) is 0 Å². The summed E-state index contributed by atoms with van der Waals surface area (Å²) in [6, 6.07) is -0.0880. The van der Waals surface area contributed by atoms with Crippen molar-refractivity contribution in [1.82, 2.24) is 0 Å². The van der Waals surface area contributed by atoms with Gasteiger partial charge in [0, 0.05) is 6.04 Å². The van der Waals surface area contributed by atoms with Crippen LogP contribution in [-0.2, 0) is 12.6 Å². The largest absolute Gasteiger partial charge is 0.782 e. The van der Waals surface area contributed by atoms with Gasteiger partial charge >= 0.3 is 0 Å². The number of nitrogens with two attached hydrogens (primary N) is 1. The fourth-order valence-corrected chi connectivity index (χ4v) is 0.619. The van der Waals surface area contributed by atoms with Gasteiger partial charge in [-0.1, -0.05) is 6.08 Å². The fourth-order valence-electron chi connectivity index (χ4n) is 0.483. The minimum absolute atomic E-state index is 0.0880. The first-order valence-electron chi connectivity index (χ1n) is 2.36. The van der Waals surface area contributed by atoms with Gasteiger partial charge in [-0.05, 0) is 12.2 Å². The molecule has 0 aromatic carbocycles. The van der Waals surface area contributed by atoms with Crippen molar-refractivity contribution in [1.29, 1.82) is 0 Å². The molecule has 0 fully saturated rings. The molecule has 2 N–H and O–H groups in total. The lowest BCUT2D eigenvalue weighted by Gasteiger charge is -2.17. The van der Waals surface area contributed by atoms with Gasteiger partial charge in [-0.3, -0.25) is 0 Å². The molecule has 1 atom stereocenters. The molecule has 0 aromatic heterocycles. The van der Waals surface area contributed by atoms with Gasteiger partial charge < -0.3 is 18.4 Å². The normalized spacial score (nSPS) is 25.6. The van der Waals surface area contributed by atoms with Crippen molar-refractivity contribution in [2.45, 2.75) is 6.04 Å². The molecule has 0 saturated carbocycles. The van der Waals surface area contributed by atoms with Gasteiger partial charge in [0.1, 0.15) is 0 Å². The average molecular weight is 124 g/mol. The smallest absolute Gasteiger partial charge is 0.0310 e. The van der Waals surface area contributed by atoms with E-state index in [1.54, 1.807) is 18.2 Å². The van der Waals surface area contributed by atoms with Crippen LogP contribution < -0.4 is 5.73 Å². The van der Waals surface area contributed by atoms with Gasteiger partial charge in [-0.15, -0.1) is 5.73 Å². The molecular formula is C6H6NS-. The summed E-state index contributed by atoms with van der Waals surface area (Å²) in [6.07, 6.45) is 5.31. The molecule has 1 aliphatic rings. The highest BCUT2D eigenvalue weighted by Gasteiger charge is 1.91. The Balaban J connectivity index is 2.86. The molecule has 0 unspecified atom stereocenters. The summed E-state index contributed by atoms with van der Waals surface area (Å²) >= 11 is 4.85. The zero-order chi connectivity index (χ0) is 5.98. The molecule has 0 aliphatic heterocycles. The number of hydrogen-bond acceptors (Lipinski definition) is 2. The molecule has 0 spiro atoms. The molecule has 0 amide bonds. The van der Waals surface area contributed by atoms with Crippen LogP contribution >= 0.6 is 0 Å². The van der Waals surface area contributed by atoms with Gasteiger partial charge in [0.15, 0.2) is 0 Å². The van der Waals surface area contributed by atoms with Crippen molar-refractivity contribution in [3.8, 4) is 0 Å². The maximum atomic E-state index is 5.47. The van der Waals surface area contributed by atoms with Crippen LogP contribution in [-0.4, -0.2) is 6.04 Å². The predicted molar refractivity (Wildman–Crippen MR) is 36.1 cm³/mol. The standard InChI is InChI=1S/C6H7NS/c7-5-3-1-2-4-6(5)8/h2-5,8H,7H2/p-1/t5-/m0/s1. The van der Waals surface area contributed by atoms with Gasteiger partial charge in [-0.25, -0.2) is 0 Å². The molecular weight excluding hydrogens is 118 g/mol. The van der Waals surface area contributed by atoms with E-state index in [0.717, 1.165) is 4.91 Å². The maximum Gasteiger partial charge on any atom is 0.0310 e. The Morgan fingerprint density at radius 2 is 2.50 bits per heavy atom. The van der Waals surface area contributed by atoms with Crippen LogP contribution in [0.25, 0.3) is 0 Å². The quantitative estimate of drug-likeness (QED) is 0.375. The first kappa shape index (κ1) is 5.57. The second-order valence-electron chi connectivity index (χ2n) is 1.59. The predicted octanol–water partition coefficient (Wildman–Crippen LogP) is 0.469. The Bertz CT molecular complexity index is 175. The fraction of sp³-hybridized carbons (Fsp3) is 0.167. The van der Waals surface area contributed by atoms with E-state index in [1.807, 2.05) is 0 Å². The average Bonchev–Trinajstić information content (AvgIpc) is 1.77. The van der Waals surface area contributed by atoms with Crippen molar-refractivity contribution in [2.75, 3.05) is 0 Å². The zero-order valence-corrected chi connectivity index (χ0v) is 5.11. The molecule has 0 heterocycles. The molecule has 1 nitrogen and oxygen atoms in total. The highest BCUT2D eigenvalue weighted by molar-refractivity contribution is 7.63. The van der Waals surface area contributed by atoms with Crippen molar-refractivity contribution >= 4 is 12.6 Å². The van der Waals surface area contributed by atoms with Crippen molar-refractivity contribution < 1.29 is 0 Å². The molecule has 1 aliphatic carbocycles. The van der Waals surface area contributed by atoms with Crippen LogP contribution in [0.4, 0.5) is 0 Å². The van der Waals surface area contributed by atoms with Crippen molar-refractivity contribution in [2.24, 2.45) is 5.73 Å². The Morgan fingerprint density at radius 3 is 2.88 bits per heavy atom. The Kier molecular flexibility index (Phi) is 1.49. The third-order valence-corrected chi connectivity index (χ3v) is 1.36. The molecule has 0 bridgehead atoms. The van der Waals surface area contributed by atoms with E-state index < -0.39 is 0 Å². The maximum absolute atomic E-state index is 5.47. The first-order chi connectivity index (χ1) is 3.80. The minimum Gasteiger partial charge on any atom is -0.782 e. The zero-order valence-electron chi connectivity index (χ0n) is 4.29. The van der Waals surface area contributed by atoms with Crippen LogP contribution in [0.15, 0.2) is 28.9 Å². The van der Waals surface area contributed by atoms with E-state index in [1.165, 1.54) is 0 Å². The lowest BCUT2D eigenvalue weighted by Crippen LogP contribution is -2.18. The van der Waals surface area contributed by atoms with Crippen LogP contribution in [0.1, 0.15) is 0 Å². The summed E-state index contributed by atoms with van der Waals surface area (Å²) < 4.78 is 0. The highest BCUT2D eigenvalue weighted by atomic mass is 32.1. The van der Waals surface area contributed by atoms with Crippen LogP contribution in [0.5, 0.6) is 0 Å². The Morgan fingerprint density at radius 1 is 1.75 bits per heavy atom. The molecule has 8 heavy (non-hydrogen) atoms. The Hall–Kier alpha value is -0.560.